The first-order chi connectivity index (χ1) is 13.2. The second-order valence-electron chi connectivity index (χ2n) is 7.65. The smallest absolute Gasteiger partial charge is 0.224 e. The number of anilines is 3. The lowest BCUT2D eigenvalue weighted by Gasteiger charge is -2.17. The Morgan fingerprint density at radius 2 is 1.71 bits per heavy atom. The Morgan fingerprint density at radius 1 is 1.04 bits per heavy atom. The maximum atomic E-state index is 12.1. The van der Waals surface area contributed by atoms with Crippen LogP contribution in [0.1, 0.15) is 27.2 Å². The molecule has 0 saturated carbocycles. The number of thiazole rings is 1. The first kappa shape index (κ1) is 20.6. The van der Waals surface area contributed by atoms with Gasteiger partial charge in [-0.1, -0.05) is 56.1 Å². The maximum Gasteiger partial charge on any atom is 0.224 e. The quantitative estimate of drug-likeness (QED) is 0.445. The van der Waals surface area contributed by atoms with E-state index >= 15 is 0 Å². The average molecular weight is 434 g/mol. The highest BCUT2D eigenvalue weighted by Crippen LogP contribution is 2.30. The Balaban J connectivity index is 1.66. The highest BCUT2D eigenvalue weighted by molar-refractivity contribution is 7.14. The standard InChI is InChI=1S/C21H21Cl2N3OS/c1-21(2,3)11-19(27)24-14-6-4-13(5-7-14)18-12-28-20(26-18)25-15-8-9-16(22)17(23)10-15/h4-10,12H,11H2,1-3H3,(H,24,27)(H,25,26). The van der Waals surface area contributed by atoms with Crippen LogP contribution in [-0.4, -0.2) is 10.9 Å². The van der Waals surface area contributed by atoms with Gasteiger partial charge in [0.25, 0.3) is 0 Å². The first-order valence-corrected chi connectivity index (χ1v) is 10.4. The minimum Gasteiger partial charge on any atom is -0.331 e. The van der Waals surface area contributed by atoms with E-state index in [9.17, 15) is 4.79 Å². The molecule has 0 bridgehead atoms. The van der Waals surface area contributed by atoms with Crippen LogP contribution in [0.2, 0.25) is 10.0 Å². The summed E-state index contributed by atoms with van der Waals surface area (Å²) in [6.07, 6.45) is 0.477. The molecule has 1 heterocycles. The normalized spacial score (nSPS) is 11.3. The van der Waals surface area contributed by atoms with Crippen molar-refractivity contribution in [2.24, 2.45) is 5.41 Å². The highest BCUT2D eigenvalue weighted by Gasteiger charge is 2.16. The Morgan fingerprint density at radius 3 is 2.36 bits per heavy atom. The number of hydrogen-bond donors (Lipinski definition) is 2. The number of nitrogens with one attached hydrogen (secondary N) is 2. The lowest BCUT2D eigenvalue weighted by atomic mass is 9.92. The largest absolute Gasteiger partial charge is 0.331 e. The van der Waals surface area contributed by atoms with Crippen molar-refractivity contribution in [1.29, 1.82) is 0 Å². The molecular weight excluding hydrogens is 413 g/mol. The molecule has 7 heteroatoms. The van der Waals surface area contributed by atoms with Gasteiger partial charge in [-0.2, -0.15) is 0 Å². The van der Waals surface area contributed by atoms with Crippen LogP contribution >= 0.6 is 34.5 Å². The molecule has 2 aromatic carbocycles. The van der Waals surface area contributed by atoms with E-state index in [0.717, 1.165) is 27.8 Å². The molecule has 0 fully saturated rings. The van der Waals surface area contributed by atoms with Crippen molar-refractivity contribution in [3.63, 3.8) is 0 Å². The molecule has 28 heavy (non-hydrogen) atoms. The number of rotatable bonds is 5. The second-order valence-corrected chi connectivity index (χ2v) is 9.33. The van der Waals surface area contributed by atoms with Crippen LogP contribution in [0, 0.1) is 5.41 Å². The second kappa shape index (κ2) is 8.52. The summed E-state index contributed by atoms with van der Waals surface area (Å²) in [6, 6.07) is 13.0. The van der Waals surface area contributed by atoms with E-state index in [2.05, 4.69) is 15.6 Å². The fourth-order valence-electron chi connectivity index (χ4n) is 2.57. The number of nitrogens with zero attached hydrogens (tertiary/aromatic N) is 1. The van der Waals surface area contributed by atoms with Gasteiger partial charge >= 0.3 is 0 Å². The SMILES string of the molecule is CC(C)(C)CC(=O)Nc1ccc(-c2csc(Nc3ccc(Cl)c(Cl)c3)n2)cc1. The predicted molar refractivity (Wildman–Crippen MR) is 120 cm³/mol. The Bertz CT molecular complexity index is 978. The Kier molecular flexibility index (Phi) is 6.28. The zero-order valence-electron chi connectivity index (χ0n) is 15.8. The lowest BCUT2D eigenvalue weighted by Crippen LogP contribution is -2.19. The number of carbonyl (C=O) groups excluding carboxylic acids is 1. The van der Waals surface area contributed by atoms with Gasteiger partial charge in [0, 0.05) is 28.7 Å². The molecule has 2 N–H and O–H groups in total. The van der Waals surface area contributed by atoms with Crippen molar-refractivity contribution in [2.75, 3.05) is 10.6 Å². The summed E-state index contributed by atoms with van der Waals surface area (Å²) in [5, 5.41) is 9.91. The molecule has 0 unspecified atom stereocenters. The summed E-state index contributed by atoms with van der Waals surface area (Å²) in [5.41, 5.74) is 3.41. The fourth-order valence-corrected chi connectivity index (χ4v) is 3.61. The number of hydrogen-bond acceptors (Lipinski definition) is 4. The summed E-state index contributed by atoms with van der Waals surface area (Å²) in [4.78, 5) is 16.7. The number of amides is 1. The average Bonchev–Trinajstić information content (AvgIpc) is 3.05. The maximum absolute atomic E-state index is 12.1. The van der Waals surface area contributed by atoms with Crippen LogP contribution in [0.5, 0.6) is 0 Å². The summed E-state index contributed by atoms with van der Waals surface area (Å²) in [5.74, 6) is 0.0158. The zero-order valence-corrected chi connectivity index (χ0v) is 18.2. The lowest BCUT2D eigenvalue weighted by molar-refractivity contribution is -0.117. The van der Waals surface area contributed by atoms with Crippen molar-refractivity contribution >= 4 is 57.0 Å². The molecule has 1 amide bonds. The Hall–Kier alpha value is -2.08. The molecule has 3 rings (SSSR count). The van der Waals surface area contributed by atoms with Crippen molar-refractivity contribution < 1.29 is 4.79 Å². The predicted octanol–water partition coefficient (Wildman–Crippen LogP) is 7.24. The van der Waals surface area contributed by atoms with E-state index in [1.54, 1.807) is 12.1 Å². The molecule has 0 aliphatic carbocycles. The van der Waals surface area contributed by atoms with Gasteiger partial charge in [-0.25, -0.2) is 4.98 Å². The van der Waals surface area contributed by atoms with Crippen LogP contribution in [-0.2, 0) is 4.79 Å². The zero-order chi connectivity index (χ0) is 20.3. The van der Waals surface area contributed by atoms with Gasteiger partial charge in [0.2, 0.25) is 5.91 Å². The van der Waals surface area contributed by atoms with Gasteiger partial charge in [-0.3, -0.25) is 4.79 Å². The molecule has 3 aromatic rings. The summed E-state index contributed by atoms with van der Waals surface area (Å²) >= 11 is 13.5. The van der Waals surface area contributed by atoms with E-state index in [4.69, 9.17) is 23.2 Å². The van der Waals surface area contributed by atoms with Gasteiger partial charge in [0.05, 0.1) is 15.7 Å². The Labute approximate surface area is 178 Å². The van der Waals surface area contributed by atoms with Crippen LogP contribution < -0.4 is 10.6 Å². The molecule has 1 aromatic heterocycles. The summed E-state index contributed by atoms with van der Waals surface area (Å²) < 4.78 is 0. The molecule has 0 atom stereocenters. The van der Waals surface area contributed by atoms with Crippen molar-refractivity contribution in [3.8, 4) is 11.3 Å². The number of halogens is 2. The third kappa shape index (κ3) is 5.71. The van der Waals surface area contributed by atoms with E-state index in [1.807, 2.05) is 56.5 Å². The van der Waals surface area contributed by atoms with E-state index in [1.165, 1.54) is 11.3 Å². The summed E-state index contributed by atoms with van der Waals surface area (Å²) in [6.45, 7) is 6.13. The first-order valence-electron chi connectivity index (χ1n) is 8.77. The van der Waals surface area contributed by atoms with E-state index in [-0.39, 0.29) is 11.3 Å². The minimum atomic E-state index is -0.0393. The molecule has 0 aliphatic heterocycles. The van der Waals surface area contributed by atoms with Gasteiger partial charge in [-0.15, -0.1) is 11.3 Å². The third-order valence-corrected chi connectivity index (χ3v) is 5.33. The van der Waals surface area contributed by atoms with E-state index < -0.39 is 0 Å². The van der Waals surface area contributed by atoms with Crippen LogP contribution in [0.15, 0.2) is 47.8 Å². The molecular formula is C21H21Cl2N3OS. The number of aromatic nitrogens is 1. The van der Waals surface area contributed by atoms with Gasteiger partial charge in [-0.05, 0) is 35.7 Å². The molecule has 0 saturated heterocycles. The molecule has 0 radical (unpaired) electrons. The van der Waals surface area contributed by atoms with Gasteiger partial charge < -0.3 is 10.6 Å². The minimum absolute atomic E-state index is 0.0158. The van der Waals surface area contributed by atoms with Crippen LogP contribution in [0.25, 0.3) is 11.3 Å². The number of benzene rings is 2. The molecule has 4 nitrogen and oxygen atoms in total. The molecule has 146 valence electrons. The van der Waals surface area contributed by atoms with Crippen molar-refractivity contribution in [3.05, 3.63) is 57.9 Å². The number of carbonyl (C=O) groups is 1. The third-order valence-electron chi connectivity index (χ3n) is 3.83. The van der Waals surface area contributed by atoms with E-state index in [0.29, 0.717) is 16.5 Å². The monoisotopic (exact) mass is 433 g/mol. The molecule has 0 aliphatic rings. The van der Waals surface area contributed by atoms with Crippen LogP contribution in [0.3, 0.4) is 0 Å². The van der Waals surface area contributed by atoms with Crippen molar-refractivity contribution in [1.82, 2.24) is 4.98 Å². The van der Waals surface area contributed by atoms with Gasteiger partial charge in [0.15, 0.2) is 5.13 Å². The van der Waals surface area contributed by atoms with Crippen molar-refractivity contribution in [2.45, 2.75) is 27.2 Å². The van der Waals surface area contributed by atoms with Gasteiger partial charge in [0.1, 0.15) is 0 Å². The highest BCUT2D eigenvalue weighted by atomic mass is 35.5. The van der Waals surface area contributed by atoms with Crippen LogP contribution in [0.4, 0.5) is 16.5 Å². The fraction of sp³-hybridized carbons (Fsp3) is 0.238. The topological polar surface area (TPSA) is 54.0 Å². The summed E-state index contributed by atoms with van der Waals surface area (Å²) in [7, 11) is 0. The molecule has 0 spiro atoms.